The summed E-state index contributed by atoms with van der Waals surface area (Å²) in [6.07, 6.45) is 5.40. The summed E-state index contributed by atoms with van der Waals surface area (Å²) in [6.45, 7) is 0. The smallest absolute Gasteiger partial charge is 0.0938 e. The monoisotopic (exact) mass is 331 g/mol. The first-order valence-corrected chi connectivity index (χ1v) is 9.51. The lowest BCUT2D eigenvalue weighted by atomic mass is 9.71. The molecule has 2 nitrogen and oxygen atoms in total. The third kappa shape index (κ3) is 2.32. The molecule has 0 aliphatic carbocycles. The van der Waals surface area contributed by atoms with Crippen LogP contribution in [0.4, 0.5) is 0 Å². The Hall–Kier alpha value is -1.90. The summed E-state index contributed by atoms with van der Waals surface area (Å²) in [6, 6.07) is 20.3. The van der Waals surface area contributed by atoms with E-state index in [1.54, 1.807) is 0 Å². The summed E-state index contributed by atoms with van der Waals surface area (Å²) in [5.74, 6) is 0. The van der Waals surface area contributed by atoms with Crippen molar-refractivity contribution in [3.05, 3.63) is 60.2 Å². The molecule has 2 heterocycles. The van der Waals surface area contributed by atoms with E-state index in [1.165, 1.54) is 40.8 Å². The van der Waals surface area contributed by atoms with Gasteiger partial charge in [-0.1, -0.05) is 55.0 Å². The molecule has 2 saturated heterocycles. The van der Waals surface area contributed by atoms with Crippen molar-refractivity contribution in [2.45, 2.75) is 49.8 Å². The van der Waals surface area contributed by atoms with Crippen molar-refractivity contribution in [2.75, 3.05) is 7.05 Å². The van der Waals surface area contributed by atoms with Crippen molar-refractivity contribution in [1.82, 2.24) is 4.90 Å². The van der Waals surface area contributed by atoms with Crippen LogP contribution in [0.3, 0.4) is 0 Å². The van der Waals surface area contributed by atoms with Gasteiger partial charge in [0.25, 0.3) is 0 Å². The Kier molecular flexibility index (Phi) is 3.41. The van der Waals surface area contributed by atoms with Crippen LogP contribution in [-0.2, 0) is 5.60 Å². The van der Waals surface area contributed by atoms with E-state index < -0.39 is 5.60 Å². The zero-order valence-corrected chi connectivity index (χ0v) is 14.8. The lowest BCUT2D eigenvalue weighted by molar-refractivity contribution is -0.0857. The van der Waals surface area contributed by atoms with Gasteiger partial charge in [0.05, 0.1) is 5.60 Å². The number of nitrogens with zero attached hydrogens (tertiary/aromatic N) is 1. The van der Waals surface area contributed by atoms with E-state index in [1.807, 2.05) is 0 Å². The van der Waals surface area contributed by atoms with Gasteiger partial charge < -0.3 is 10.0 Å². The summed E-state index contributed by atoms with van der Waals surface area (Å²) in [5, 5.41) is 16.8. The van der Waals surface area contributed by atoms with Crippen LogP contribution in [0, 0.1) is 0 Å². The number of fused-ring (bicyclic) bond motifs is 4. The minimum atomic E-state index is -0.733. The van der Waals surface area contributed by atoms with Gasteiger partial charge in [0, 0.05) is 12.1 Å². The fourth-order valence-corrected chi connectivity index (χ4v) is 5.37. The van der Waals surface area contributed by atoms with Gasteiger partial charge in [0.2, 0.25) is 0 Å². The summed E-state index contributed by atoms with van der Waals surface area (Å²) in [5.41, 5.74) is 0.425. The van der Waals surface area contributed by atoms with Crippen LogP contribution in [0.2, 0.25) is 0 Å². The van der Waals surface area contributed by atoms with Crippen molar-refractivity contribution < 1.29 is 5.11 Å². The van der Waals surface area contributed by atoms with E-state index in [-0.39, 0.29) is 0 Å². The molecule has 0 spiro atoms. The Morgan fingerprint density at radius 3 is 1.96 bits per heavy atom. The highest BCUT2D eigenvalue weighted by atomic mass is 16.3. The van der Waals surface area contributed by atoms with Gasteiger partial charge in [0.1, 0.15) is 0 Å². The van der Waals surface area contributed by atoms with Gasteiger partial charge in [-0.15, -0.1) is 0 Å². The maximum Gasteiger partial charge on any atom is 0.0938 e. The Morgan fingerprint density at radius 2 is 1.40 bits per heavy atom. The molecule has 2 bridgehead atoms. The normalized spacial score (nSPS) is 30.0. The fourth-order valence-electron chi connectivity index (χ4n) is 5.37. The van der Waals surface area contributed by atoms with Crippen molar-refractivity contribution in [1.29, 1.82) is 0 Å². The SMILES string of the molecule is CN1C2CCCC1CC(O)(c1c3ccccc3cc3ccccc13)C2. The van der Waals surface area contributed by atoms with Crippen LogP contribution in [0.15, 0.2) is 54.6 Å². The van der Waals surface area contributed by atoms with Crippen LogP contribution in [0.1, 0.15) is 37.7 Å². The molecule has 0 amide bonds. The Balaban J connectivity index is 1.78. The van der Waals surface area contributed by atoms with Gasteiger partial charge in [-0.3, -0.25) is 0 Å². The predicted molar refractivity (Wildman–Crippen MR) is 104 cm³/mol. The quantitative estimate of drug-likeness (QED) is 0.646. The second kappa shape index (κ2) is 5.55. The van der Waals surface area contributed by atoms with Gasteiger partial charge >= 0.3 is 0 Å². The van der Waals surface area contributed by atoms with Crippen LogP contribution >= 0.6 is 0 Å². The van der Waals surface area contributed by atoms with Crippen molar-refractivity contribution >= 4 is 21.5 Å². The van der Waals surface area contributed by atoms with Crippen LogP contribution in [-0.4, -0.2) is 29.1 Å². The molecule has 2 atom stereocenters. The number of piperidine rings is 2. The number of hydrogen-bond acceptors (Lipinski definition) is 2. The molecule has 2 aliphatic rings. The fraction of sp³-hybridized carbons (Fsp3) is 0.391. The third-order valence-electron chi connectivity index (χ3n) is 6.61. The van der Waals surface area contributed by atoms with Crippen LogP contribution in [0.5, 0.6) is 0 Å². The topological polar surface area (TPSA) is 23.5 Å². The molecule has 2 aliphatic heterocycles. The molecular formula is C23H25NO. The number of hydrogen-bond donors (Lipinski definition) is 1. The maximum atomic E-state index is 11.9. The maximum absolute atomic E-state index is 11.9. The second-order valence-corrected chi connectivity index (χ2v) is 8.04. The Bertz CT molecular complexity index is 879. The van der Waals surface area contributed by atoms with Gasteiger partial charge in [-0.2, -0.15) is 0 Å². The number of aliphatic hydroxyl groups is 1. The van der Waals surface area contributed by atoms with E-state index in [0.29, 0.717) is 12.1 Å². The molecule has 128 valence electrons. The molecule has 2 fully saturated rings. The van der Waals surface area contributed by atoms with E-state index in [2.05, 4.69) is 66.5 Å². The first-order chi connectivity index (χ1) is 12.2. The predicted octanol–water partition coefficient (Wildman–Crippen LogP) is 4.83. The Labute approximate surface area is 149 Å². The molecule has 2 unspecified atom stereocenters. The van der Waals surface area contributed by atoms with E-state index in [9.17, 15) is 5.11 Å². The lowest BCUT2D eigenvalue weighted by Crippen LogP contribution is -2.55. The zero-order valence-electron chi connectivity index (χ0n) is 14.8. The summed E-state index contributed by atoms with van der Waals surface area (Å²) >= 11 is 0. The summed E-state index contributed by atoms with van der Waals surface area (Å²) in [7, 11) is 2.25. The second-order valence-electron chi connectivity index (χ2n) is 8.04. The molecule has 0 aromatic heterocycles. The van der Waals surface area contributed by atoms with E-state index in [4.69, 9.17) is 0 Å². The summed E-state index contributed by atoms with van der Waals surface area (Å²) in [4.78, 5) is 2.52. The molecule has 0 radical (unpaired) electrons. The highest BCUT2D eigenvalue weighted by Gasteiger charge is 2.46. The zero-order chi connectivity index (χ0) is 17.0. The van der Waals surface area contributed by atoms with Crippen molar-refractivity contribution in [2.24, 2.45) is 0 Å². The number of rotatable bonds is 1. The molecule has 3 aromatic carbocycles. The molecule has 2 heteroatoms. The van der Waals surface area contributed by atoms with Gasteiger partial charge in [0.15, 0.2) is 0 Å². The largest absolute Gasteiger partial charge is 0.385 e. The van der Waals surface area contributed by atoms with Crippen molar-refractivity contribution in [3.8, 4) is 0 Å². The van der Waals surface area contributed by atoms with Crippen LogP contribution in [0.25, 0.3) is 21.5 Å². The molecule has 5 rings (SSSR count). The Morgan fingerprint density at radius 1 is 0.880 bits per heavy atom. The molecular weight excluding hydrogens is 306 g/mol. The molecule has 1 N–H and O–H groups in total. The molecule has 25 heavy (non-hydrogen) atoms. The highest BCUT2D eigenvalue weighted by molar-refractivity contribution is 6.03. The number of benzene rings is 3. The van der Waals surface area contributed by atoms with Gasteiger partial charge in [-0.25, -0.2) is 0 Å². The molecule has 0 saturated carbocycles. The summed E-state index contributed by atoms with van der Waals surface area (Å²) < 4.78 is 0. The highest BCUT2D eigenvalue weighted by Crippen LogP contribution is 2.47. The average molecular weight is 331 g/mol. The van der Waals surface area contributed by atoms with Crippen molar-refractivity contribution in [3.63, 3.8) is 0 Å². The van der Waals surface area contributed by atoms with Gasteiger partial charge in [-0.05, 0) is 65.9 Å². The molecule has 3 aromatic rings. The minimum absolute atomic E-state index is 0.496. The standard InChI is InChI=1S/C23H25NO/c1-24-18-9-6-10-19(24)15-23(25,14-18)22-20-11-4-2-7-16(20)13-17-8-3-5-12-21(17)22/h2-5,7-8,11-13,18-19,25H,6,9-10,14-15H2,1H3. The van der Waals surface area contributed by atoms with E-state index in [0.717, 1.165) is 18.4 Å². The first kappa shape index (κ1) is 15.4. The van der Waals surface area contributed by atoms with E-state index >= 15 is 0 Å². The minimum Gasteiger partial charge on any atom is -0.385 e. The average Bonchev–Trinajstić information content (AvgIpc) is 2.61. The third-order valence-corrected chi connectivity index (χ3v) is 6.61. The lowest BCUT2D eigenvalue weighted by Gasteiger charge is -2.51. The van der Waals surface area contributed by atoms with Crippen LogP contribution < -0.4 is 0 Å². The first-order valence-electron chi connectivity index (χ1n) is 9.51.